The van der Waals surface area contributed by atoms with Crippen LogP contribution in [0.5, 0.6) is 5.75 Å². The van der Waals surface area contributed by atoms with Crippen LogP contribution < -0.4 is 10.1 Å². The van der Waals surface area contributed by atoms with Crippen molar-refractivity contribution in [2.75, 3.05) is 20.8 Å². The number of hydrogen-bond acceptors (Lipinski definition) is 3. The van der Waals surface area contributed by atoms with Gasteiger partial charge in [0.15, 0.2) is 0 Å². The van der Waals surface area contributed by atoms with Crippen molar-refractivity contribution >= 4 is 5.91 Å². The van der Waals surface area contributed by atoms with Gasteiger partial charge < -0.3 is 14.8 Å². The van der Waals surface area contributed by atoms with Gasteiger partial charge in [0.25, 0.3) is 0 Å². The van der Waals surface area contributed by atoms with E-state index >= 15 is 0 Å². The number of ether oxygens (including phenoxy) is 2. The summed E-state index contributed by atoms with van der Waals surface area (Å²) in [5.74, 6) is 0.969. The molecule has 0 aromatic heterocycles. The van der Waals surface area contributed by atoms with Gasteiger partial charge in [-0.15, -0.1) is 0 Å². The van der Waals surface area contributed by atoms with Crippen LogP contribution in [0, 0.1) is 5.41 Å². The second kappa shape index (κ2) is 6.07. The average Bonchev–Trinajstić information content (AvgIpc) is 2.90. The molecular weight excluding hydrogens is 302 g/mol. The predicted molar refractivity (Wildman–Crippen MR) is 94.3 cm³/mol. The molecule has 3 rings (SSSR count). The van der Waals surface area contributed by atoms with Crippen LogP contribution in [0.15, 0.2) is 24.3 Å². The van der Waals surface area contributed by atoms with Gasteiger partial charge in [-0.1, -0.05) is 38.8 Å². The molecule has 2 saturated carbocycles. The summed E-state index contributed by atoms with van der Waals surface area (Å²) < 4.78 is 10.7. The lowest BCUT2D eigenvalue weighted by Gasteiger charge is -2.33. The SMILES string of the molecule is COCC1(NC(=O)[C@@]2(c3ccc(OC)cc3)CC2(C)C)CCCC1. The molecule has 2 aliphatic carbocycles. The predicted octanol–water partition coefficient (Wildman–Crippen LogP) is 3.44. The van der Waals surface area contributed by atoms with Crippen LogP contribution in [0.2, 0.25) is 0 Å². The third-order valence-corrected chi connectivity index (χ3v) is 6.07. The van der Waals surface area contributed by atoms with Gasteiger partial charge in [-0.3, -0.25) is 4.79 Å². The Bertz CT molecular complexity index is 602. The van der Waals surface area contributed by atoms with Crippen LogP contribution in [0.25, 0.3) is 0 Å². The van der Waals surface area contributed by atoms with E-state index in [1.807, 2.05) is 24.3 Å². The van der Waals surface area contributed by atoms with E-state index in [0.29, 0.717) is 6.61 Å². The molecule has 1 atom stereocenters. The number of carbonyl (C=O) groups is 1. The third-order valence-electron chi connectivity index (χ3n) is 6.07. The Hall–Kier alpha value is -1.55. The molecule has 4 nitrogen and oxygen atoms in total. The van der Waals surface area contributed by atoms with E-state index in [4.69, 9.17) is 9.47 Å². The summed E-state index contributed by atoms with van der Waals surface area (Å²) >= 11 is 0. The van der Waals surface area contributed by atoms with E-state index in [9.17, 15) is 4.79 Å². The lowest BCUT2D eigenvalue weighted by atomic mass is 9.85. The Kier molecular flexibility index (Phi) is 4.37. The summed E-state index contributed by atoms with van der Waals surface area (Å²) in [7, 11) is 3.37. The van der Waals surface area contributed by atoms with Crippen LogP contribution in [0.4, 0.5) is 0 Å². The van der Waals surface area contributed by atoms with E-state index in [0.717, 1.165) is 43.4 Å². The van der Waals surface area contributed by atoms with Crippen molar-refractivity contribution in [2.45, 2.75) is 56.9 Å². The maximum Gasteiger partial charge on any atom is 0.231 e. The first-order valence-electron chi connectivity index (χ1n) is 8.85. The molecule has 1 amide bonds. The van der Waals surface area contributed by atoms with Gasteiger partial charge in [0.2, 0.25) is 5.91 Å². The lowest BCUT2D eigenvalue weighted by molar-refractivity contribution is -0.127. The van der Waals surface area contributed by atoms with Crippen molar-refractivity contribution in [3.05, 3.63) is 29.8 Å². The Morgan fingerprint density at radius 2 is 1.71 bits per heavy atom. The minimum absolute atomic E-state index is 0.0292. The zero-order chi connectivity index (χ0) is 17.4. The number of rotatable bonds is 6. The second-order valence-corrected chi connectivity index (χ2v) is 8.07. The summed E-state index contributed by atoms with van der Waals surface area (Å²) in [6.07, 6.45) is 5.20. The number of carbonyl (C=O) groups excluding carboxylic acids is 1. The fraction of sp³-hybridized carbons (Fsp3) is 0.650. The standard InChI is InChI=1S/C20H29NO3/c1-18(2)13-20(18,15-7-9-16(24-4)10-8-15)17(22)21-19(14-23-3)11-5-6-12-19/h7-10H,5-6,11-14H2,1-4H3,(H,21,22)/t20-/m0/s1. The minimum atomic E-state index is -0.442. The van der Waals surface area contributed by atoms with Crippen LogP contribution in [0.3, 0.4) is 0 Å². The van der Waals surface area contributed by atoms with Crippen molar-refractivity contribution in [3.63, 3.8) is 0 Å². The largest absolute Gasteiger partial charge is 0.497 e. The molecule has 0 unspecified atom stereocenters. The first kappa shape index (κ1) is 17.3. The summed E-state index contributed by atoms with van der Waals surface area (Å²) in [5.41, 5.74) is 0.418. The van der Waals surface area contributed by atoms with E-state index in [-0.39, 0.29) is 16.9 Å². The highest BCUT2D eigenvalue weighted by Gasteiger charge is 2.67. The van der Waals surface area contributed by atoms with E-state index in [1.165, 1.54) is 0 Å². The molecule has 0 heterocycles. The monoisotopic (exact) mass is 331 g/mol. The number of methoxy groups -OCH3 is 2. The summed E-state index contributed by atoms with van der Waals surface area (Å²) in [6, 6.07) is 7.95. The lowest BCUT2D eigenvalue weighted by Crippen LogP contribution is -2.53. The van der Waals surface area contributed by atoms with Crippen LogP contribution in [-0.4, -0.2) is 32.3 Å². The molecule has 4 heteroatoms. The zero-order valence-electron chi connectivity index (χ0n) is 15.3. The summed E-state index contributed by atoms with van der Waals surface area (Å²) in [5, 5.41) is 3.38. The molecule has 0 spiro atoms. The first-order chi connectivity index (χ1) is 11.4. The topological polar surface area (TPSA) is 47.6 Å². The Labute approximate surface area is 144 Å². The van der Waals surface area contributed by atoms with Gasteiger partial charge in [0, 0.05) is 7.11 Å². The molecule has 1 aromatic carbocycles. The Morgan fingerprint density at radius 3 is 2.17 bits per heavy atom. The molecule has 24 heavy (non-hydrogen) atoms. The highest BCUT2D eigenvalue weighted by atomic mass is 16.5. The smallest absolute Gasteiger partial charge is 0.231 e. The number of nitrogens with one attached hydrogen (secondary N) is 1. The maximum atomic E-state index is 13.3. The van der Waals surface area contributed by atoms with Gasteiger partial charge in [-0.25, -0.2) is 0 Å². The van der Waals surface area contributed by atoms with Crippen LogP contribution in [0.1, 0.15) is 51.5 Å². The highest BCUT2D eigenvalue weighted by Crippen LogP contribution is 2.64. The molecule has 2 fully saturated rings. The average molecular weight is 331 g/mol. The quantitative estimate of drug-likeness (QED) is 0.868. The highest BCUT2D eigenvalue weighted by molar-refractivity contribution is 5.93. The van der Waals surface area contributed by atoms with Crippen molar-refractivity contribution < 1.29 is 14.3 Å². The van der Waals surface area contributed by atoms with Crippen LogP contribution >= 0.6 is 0 Å². The van der Waals surface area contributed by atoms with Crippen molar-refractivity contribution in [1.82, 2.24) is 5.32 Å². The molecule has 2 aliphatic rings. The second-order valence-electron chi connectivity index (χ2n) is 8.07. The first-order valence-corrected chi connectivity index (χ1v) is 8.85. The fourth-order valence-electron chi connectivity index (χ4n) is 4.49. The fourth-order valence-corrected chi connectivity index (χ4v) is 4.49. The Balaban J connectivity index is 1.86. The van der Waals surface area contributed by atoms with E-state index < -0.39 is 5.41 Å². The summed E-state index contributed by atoms with van der Waals surface area (Å²) in [6.45, 7) is 4.95. The number of hydrogen-bond donors (Lipinski definition) is 1. The molecule has 0 saturated heterocycles. The van der Waals surface area contributed by atoms with Crippen molar-refractivity contribution in [2.24, 2.45) is 5.41 Å². The van der Waals surface area contributed by atoms with E-state index in [2.05, 4.69) is 19.2 Å². The third kappa shape index (κ3) is 2.71. The molecule has 0 radical (unpaired) electrons. The molecule has 0 aliphatic heterocycles. The maximum absolute atomic E-state index is 13.3. The van der Waals surface area contributed by atoms with Crippen LogP contribution in [-0.2, 0) is 14.9 Å². The Morgan fingerprint density at radius 1 is 1.12 bits per heavy atom. The van der Waals surface area contributed by atoms with E-state index in [1.54, 1.807) is 14.2 Å². The summed E-state index contributed by atoms with van der Waals surface area (Å²) in [4.78, 5) is 13.3. The molecule has 0 bridgehead atoms. The molecule has 1 N–H and O–H groups in total. The molecular formula is C20H29NO3. The normalized spacial score (nSPS) is 26.8. The van der Waals surface area contributed by atoms with Crippen molar-refractivity contribution in [1.29, 1.82) is 0 Å². The molecule has 1 aromatic rings. The number of benzene rings is 1. The minimum Gasteiger partial charge on any atom is -0.497 e. The van der Waals surface area contributed by atoms with Crippen molar-refractivity contribution in [3.8, 4) is 5.75 Å². The van der Waals surface area contributed by atoms with Gasteiger partial charge in [0.05, 0.1) is 24.7 Å². The number of amides is 1. The van der Waals surface area contributed by atoms with Gasteiger partial charge in [0.1, 0.15) is 5.75 Å². The molecule has 132 valence electrons. The zero-order valence-corrected chi connectivity index (χ0v) is 15.3. The van der Waals surface area contributed by atoms with Gasteiger partial charge >= 0.3 is 0 Å². The van der Waals surface area contributed by atoms with Gasteiger partial charge in [-0.2, -0.15) is 0 Å². The van der Waals surface area contributed by atoms with Gasteiger partial charge in [-0.05, 0) is 42.4 Å².